The lowest BCUT2D eigenvalue weighted by atomic mass is 9.93. The first kappa shape index (κ1) is 33.1. The zero-order chi connectivity index (χ0) is 33.9. The third-order valence-corrected chi connectivity index (χ3v) is 10.6. The summed E-state index contributed by atoms with van der Waals surface area (Å²) in [6.07, 6.45) is 6.26. The highest BCUT2D eigenvalue weighted by Crippen LogP contribution is 2.47. The molecule has 2 heterocycles. The van der Waals surface area contributed by atoms with E-state index in [1.54, 1.807) is 36.2 Å². The molecule has 12 nitrogen and oxygen atoms in total. The van der Waals surface area contributed by atoms with E-state index in [1.165, 1.54) is 19.2 Å². The van der Waals surface area contributed by atoms with Gasteiger partial charge in [-0.15, -0.1) is 0 Å². The summed E-state index contributed by atoms with van der Waals surface area (Å²) < 4.78 is 40.1. The van der Waals surface area contributed by atoms with Gasteiger partial charge in [-0.25, -0.2) is 13.1 Å². The van der Waals surface area contributed by atoms with Crippen molar-refractivity contribution in [2.45, 2.75) is 55.1 Å². The number of ether oxygens (including phenoxy) is 2. The lowest BCUT2D eigenvalue weighted by Crippen LogP contribution is -2.54. The van der Waals surface area contributed by atoms with Crippen LogP contribution in [0.3, 0.4) is 0 Å². The van der Waals surface area contributed by atoms with E-state index in [1.807, 2.05) is 42.5 Å². The molecule has 0 radical (unpaired) electrons. The van der Waals surface area contributed by atoms with E-state index in [0.29, 0.717) is 18.2 Å². The molecule has 5 unspecified atom stereocenters. The molecule has 2 aromatic carbocycles. The van der Waals surface area contributed by atoms with E-state index in [-0.39, 0.29) is 35.9 Å². The Morgan fingerprint density at radius 2 is 1.67 bits per heavy atom. The third kappa shape index (κ3) is 7.05. The Bertz CT molecular complexity index is 1800. The van der Waals surface area contributed by atoms with Crippen LogP contribution in [0.25, 0.3) is 11.4 Å². The molecule has 1 aromatic heterocycles. The van der Waals surface area contributed by atoms with Crippen molar-refractivity contribution < 1.29 is 32.3 Å². The summed E-state index contributed by atoms with van der Waals surface area (Å²) in [5.41, 5.74) is -0.703. The van der Waals surface area contributed by atoms with Gasteiger partial charge in [-0.2, -0.15) is 9.97 Å². The van der Waals surface area contributed by atoms with Crippen molar-refractivity contribution in [3.05, 3.63) is 78.9 Å². The summed E-state index contributed by atoms with van der Waals surface area (Å²) in [6, 6.07) is 18.5. The maximum absolute atomic E-state index is 14.1. The van der Waals surface area contributed by atoms with Crippen LogP contribution in [-0.2, 0) is 24.4 Å². The third-order valence-electron chi connectivity index (χ3n) is 9.29. The maximum Gasteiger partial charge on any atom is 0.264 e. The second-order valence-corrected chi connectivity index (χ2v) is 14.2. The molecule has 2 N–H and O–H groups in total. The van der Waals surface area contributed by atoms with Crippen molar-refractivity contribution in [3.63, 3.8) is 0 Å². The van der Waals surface area contributed by atoms with Gasteiger partial charge in [0, 0.05) is 25.1 Å². The molecule has 252 valence electrons. The Hall–Kier alpha value is -4.78. The van der Waals surface area contributed by atoms with Gasteiger partial charge in [0.25, 0.3) is 15.9 Å². The number of hydrogen-bond acceptors (Lipinski definition) is 9. The predicted molar refractivity (Wildman–Crippen MR) is 176 cm³/mol. The summed E-state index contributed by atoms with van der Waals surface area (Å²) in [5, 5.41) is 2.90. The second kappa shape index (κ2) is 13.8. The van der Waals surface area contributed by atoms with E-state index in [4.69, 9.17) is 9.47 Å². The summed E-state index contributed by atoms with van der Waals surface area (Å²) in [7, 11) is -0.956. The van der Waals surface area contributed by atoms with Gasteiger partial charge in [-0.1, -0.05) is 60.7 Å². The molecule has 0 saturated heterocycles. The molecule has 5 atom stereocenters. The van der Waals surface area contributed by atoms with Gasteiger partial charge in [0.15, 0.2) is 5.82 Å². The molecule has 3 amide bonds. The van der Waals surface area contributed by atoms with E-state index in [0.717, 1.165) is 24.8 Å². The lowest BCUT2D eigenvalue weighted by Gasteiger charge is -2.26. The lowest BCUT2D eigenvalue weighted by molar-refractivity contribution is -0.140. The molecule has 3 aromatic rings. The SMILES string of the molecule is COc1cc(OC2CC3C(=O)NC4(C(=O)NS(=O)(=O)c5ccccc5)CC4C=CCCCCN(C)C(=O)C3C2)nc(-c2ccccc2)n1. The van der Waals surface area contributed by atoms with E-state index < -0.39 is 51.2 Å². The average molecular weight is 674 g/mol. The minimum absolute atomic E-state index is 0.0593. The first-order valence-corrected chi connectivity index (χ1v) is 17.6. The van der Waals surface area contributed by atoms with Gasteiger partial charge in [-0.3, -0.25) is 14.4 Å². The van der Waals surface area contributed by atoms with Crippen LogP contribution in [-0.4, -0.2) is 73.4 Å². The largest absolute Gasteiger partial charge is 0.481 e. The number of nitrogens with one attached hydrogen (secondary N) is 2. The van der Waals surface area contributed by atoms with Crippen LogP contribution in [0.2, 0.25) is 0 Å². The maximum atomic E-state index is 14.1. The molecule has 6 rings (SSSR count). The zero-order valence-corrected chi connectivity index (χ0v) is 27.7. The van der Waals surface area contributed by atoms with Crippen LogP contribution in [0, 0.1) is 17.8 Å². The molecule has 0 bridgehead atoms. The monoisotopic (exact) mass is 673 g/mol. The van der Waals surface area contributed by atoms with Gasteiger partial charge in [0.2, 0.25) is 23.6 Å². The molecule has 2 aliphatic carbocycles. The van der Waals surface area contributed by atoms with Crippen LogP contribution in [0.15, 0.2) is 83.8 Å². The number of allylic oxidation sites excluding steroid dienone is 1. The summed E-state index contributed by atoms with van der Waals surface area (Å²) in [5.74, 6) is -2.50. The van der Waals surface area contributed by atoms with Gasteiger partial charge in [0.1, 0.15) is 11.6 Å². The van der Waals surface area contributed by atoms with E-state index in [2.05, 4.69) is 20.0 Å². The van der Waals surface area contributed by atoms with Crippen molar-refractivity contribution in [1.82, 2.24) is 24.9 Å². The van der Waals surface area contributed by atoms with Crippen LogP contribution < -0.4 is 19.5 Å². The van der Waals surface area contributed by atoms with E-state index >= 15 is 0 Å². The highest BCUT2D eigenvalue weighted by Gasteiger charge is 2.61. The number of rotatable bonds is 7. The fraction of sp³-hybridized carbons (Fsp3) is 0.400. The second-order valence-electron chi connectivity index (χ2n) is 12.6. The van der Waals surface area contributed by atoms with Gasteiger partial charge < -0.3 is 19.7 Å². The number of hydrogen-bond donors (Lipinski definition) is 2. The summed E-state index contributed by atoms with van der Waals surface area (Å²) in [4.78, 5) is 52.2. The molecule has 2 saturated carbocycles. The molecule has 1 aliphatic heterocycles. The van der Waals surface area contributed by atoms with Crippen molar-refractivity contribution in [2.75, 3.05) is 20.7 Å². The minimum atomic E-state index is -4.18. The van der Waals surface area contributed by atoms with Crippen molar-refractivity contribution >= 4 is 27.7 Å². The quantitative estimate of drug-likeness (QED) is 0.359. The fourth-order valence-electron chi connectivity index (χ4n) is 6.54. The number of benzene rings is 2. The smallest absolute Gasteiger partial charge is 0.264 e. The van der Waals surface area contributed by atoms with E-state index in [9.17, 15) is 22.8 Å². The minimum Gasteiger partial charge on any atom is -0.481 e. The Kier molecular flexibility index (Phi) is 9.49. The van der Waals surface area contributed by atoms with Crippen LogP contribution in [0.5, 0.6) is 11.8 Å². The highest BCUT2D eigenvalue weighted by atomic mass is 32.2. The standard InChI is InChI=1S/C35H39N5O7S/c1-40-18-12-4-3-9-15-24-22-35(24,34(43)39-48(44,45)26-16-10-6-11-17-26)38-32(41)27-19-25(20-28(27)33(40)42)47-30-21-29(46-2)36-31(37-30)23-13-7-5-8-14-23/h5-11,13-17,21,24-25,27-28H,3-4,12,18-20,22H2,1-2H3,(H,38,41)(H,39,43). The van der Waals surface area contributed by atoms with Crippen molar-refractivity contribution in [1.29, 1.82) is 0 Å². The van der Waals surface area contributed by atoms with Crippen molar-refractivity contribution in [3.8, 4) is 23.1 Å². The number of aromatic nitrogens is 2. The first-order chi connectivity index (χ1) is 23.1. The Balaban J connectivity index is 1.26. The summed E-state index contributed by atoms with van der Waals surface area (Å²) >= 11 is 0. The number of methoxy groups -OCH3 is 1. The van der Waals surface area contributed by atoms with Crippen LogP contribution in [0.4, 0.5) is 0 Å². The number of nitrogens with zero attached hydrogens (tertiary/aromatic N) is 3. The number of amides is 3. The van der Waals surface area contributed by atoms with Gasteiger partial charge >= 0.3 is 0 Å². The Labute approximate surface area is 280 Å². The fourth-order valence-corrected chi connectivity index (χ4v) is 7.60. The Morgan fingerprint density at radius 3 is 2.40 bits per heavy atom. The molecular formula is C35H39N5O7S. The number of carbonyl (C=O) groups is 3. The molecule has 13 heteroatoms. The summed E-state index contributed by atoms with van der Waals surface area (Å²) in [6.45, 7) is 0.541. The van der Waals surface area contributed by atoms with Gasteiger partial charge in [-0.05, 0) is 50.7 Å². The van der Waals surface area contributed by atoms with Gasteiger partial charge in [0.05, 0.1) is 29.9 Å². The first-order valence-electron chi connectivity index (χ1n) is 16.1. The molecule has 3 aliphatic rings. The normalized spacial score (nSPS) is 26.0. The van der Waals surface area contributed by atoms with Crippen molar-refractivity contribution in [2.24, 2.45) is 17.8 Å². The number of fused-ring (bicyclic) bond motifs is 2. The molecule has 2 fully saturated rings. The number of sulfonamides is 1. The molecular weight excluding hydrogens is 634 g/mol. The number of carbonyl (C=O) groups excluding carboxylic acids is 3. The highest BCUT2D eigenvalue weighted by molar-refractivity contribution is 7.90. The van der Waals surface area contributed by atoms with Crippen LogP contribution >= 0.6 is 0 Å². The molecule has 48 heavy (non-hydrogen) atoms. The Morgan fingerprint density at radius 1 is 0.979 bits per heavy atom. The molecule has 0 spiro atoms. The predicted octanol–water partition coefficient (Wildman–Crippen LogP) is 3.50. The average Bonchev–Trinajstić information content (AvgIpc) is 3.63. The van der Waals surface area contributed by atoms with Crippen LogP contribution in [0.1, 0.15) is 38.5 Å². The zero-order valence-electron chi connectivity index (χ0n) is 26.9. The topological polar surface area (TPSA) is 157 Å².